The normalized spacial score (nSPS) is 26.4. The topological polar surface area (TPSA) is 187 Å². The molecule has 0 aromatic rings. The maximum absolute atomic E-state index is 5.72. The van der Waals surface area contributed by atoms with Crippen LogP contribution in [0.2, 0.25) is 0 Å². The van der Waals surface area contributed by atoms with E-state index in [0.29, 0.717) is 218 Å². The molecule has 9 rings (SSSR count). The second-order valence-electron chi connectivity index (χ2n) is 19.2. The first-order chi connectivity index (χ1) is 38.8. The summed E-state index contributed by atoms with van der Waals surface area (Å²) in [6.07, 6.45) is 0. The predicted octanol–water partition coefficient (Wildman–Crippen LogP) is -9.45. The van der Waals surface area contributed by atoms with Crippen molar-refractivity contribution in [2.75, 3.05) is 356 Å². The minimum atomic E-state index is 0. The summed E-state index contributed by atoms with van der Waals surface area (Å²) in [5.41, 5.74) is 0. The number of ether oxygens (including phenoxy) is 18. The van der Waals surface area contributed by atoms with E-state index < -0.39 is 0 Å². The Labute approximate surface area is 780 Å². The first-order valence-electron chi connectivity index (χ1n) is 29.7. The second kappa shape index (κ2) is 95.0. The van der Waals surface area contributed by atoms with E-state index in [1.54, 1.807) is 0 Å². The Hall–Kier alpha value is 9.94. The zero-order valence-electron chi connectivity index (χ0n) is 55.8. The first-order valence-corrected chi connectivity index (χ1v) is 29.7. The van der Waals surface area contributed by atoms with Gasteiger partial charge >= 0.3 is 29.6 Å². The molecule has 9 saturated heterocycles. The molecule has 0 spiro atoms. The molecule has 0 atom stereocenters. The molecule has 6 bridgehead atoms. The maximum Gasteiger partial charge on any atom is 1.00 e. The molecule has 24 nitrogen and oxygen atoms in total. The van der Waals surface area contributed by atoms with E-state index >= 15 is 0 Å². The molecule has 0 unspecified atom stereocenters. The zero-order valence-corrected chi connectivity index (χ0v) is 92.4. The van der Waals surface area contributed by atoms with Crippen molar-refractivity contribution in [3.63, 3.8) is 0 Å². The molecule has 0 aromatic heterocycles. The van der Waals surface area contributed by atoms with Crippen molar-refractivity contribution in [3.8, 4) is 0 Å². The van der Waals surface area contributed by atoms with E-state index in [2.05, 4.69) is 24.5 Å². The summed E-state index contributed by atoms with van der Waals surface area (Å²) in [6, 6.07) is 0. The Kier molecular flexibility index (Phi) is 125. The quantitative estimate of drug-likeness (QED) is 0.225. The predicted molar refractivity (Wildman–Crippen MR) is 356 cm³/mol. The zero-order chi connectivity index (χ0) is 54.4. The van der Waals surface area contributed by atoms with Crippen LogP contribution >= 0.6 is 0 Å². The van der Waals surface area contributed by atoms with Gasteiger partial charge in [-0.25, -0.2) is 0 Å². The summed E-state index contributed by atoms with van der Waals surface area (Å²) in [5, 5.41) is 0. The van der Waals surface area contributed by atoms with E-state index in [4.69, 9.17) is 85.3 Å². The second-order valence-corrected chi connectivity index (χ2v) is 19.2. The summed E-state index contributed by atoms with van der Waals surface area (Å²) < 4.78 is 103. The largest absolute Gasteiger partial charge is 1.00 e. The van der Waals surface area contributed by atoms with Crippen LogP contribution in [0.4, 0.5) is 0 Å². The van der Waals surface area contributed by atoms with Gasteiger partial charge in [0.25, 0.3) is 0 Å². The van der Waals surface area contributed by atoms with E-state index in [9.17, 15) is 0 Å². The molecule has 36 heteroatoms. The van der Waals surface area contributed by atoms with Gasteiger partial charge in [0.15, 0.2) is 0 Å². The molecule has 0 saturated carbocycles. The third-order valence-electron chi connectivity index (χ3n) is 13.4. The molecule has 1 N–H and O–H groups in total. The molecule has 501 valence electrons. The van der Waals surface area contributed by atoms with Gasteiger partial charge in [-0.1, -0.05) is 0 Å². The van der Waals surface area contributed by atoms with E-state index in [1.807, 2.05) is 0 Å². The van der Waals surface area contributed by atoms with Gasteiger partial charge in [0.05, 0.1) is 238 Å². The third-order valence-corrected chi connectivity index (χ3v) is 13.4. The molecule has 9 aliphatic rings. The van der Waals surface area contributed by atoms with E-state index in [0.717, 1.165) is 138 Å². The molecule has 0 amide bonds. The number of hydrogen-bond donors (Lipinski definition) is 1. The van der Waals surface area contributed by atoms with Gasteiger partial charge in [0, 0.05) is 392 Å². The number of hydrogen-bond acceptors (Lipinski definition) is 23. The van der Waals surface area contributed by atoms with Gasteiger partial charge in [0.1, 0.15) is 19.6 Å². The molecule has 9 fully saturated rings. The minimum Gasteiger partial charge on any atom is -0.378 e. The van der Waals surface area contributed by atoms with Crippen molar-refractivity contribution in [3.05, 3.63) is 0 Å². The summed E-state index contributed by atoms with van der Waals surface area (Å²) in [6.45, 7) is 40.0. The monoisotopic (exact) mass is 2700 g/mol. The fraction of sp³-hybridized carbons (Fsp3) is 1.00. The van der Waals surface area contributed by atoms with Crippen molar-refractivity contribution < 1.29 is 120 Å². The summed E-state index contributed by atoms with van der Waals surface area (Å²) in [4.78, 5) is 13.0. The number of nitrogens with one attached hydrogen (secondary N) is 1. The maximum atomic E-state index is 5.72. The molecular formula is C54H109Bi5In4N6Na3O18+2. The molecule has 9 heterocycles. The fourth-order valence-corrected chi connectivity index (χ4v) is 8.50. The number of fused-ring (bicyclic) bond motifs is 63. The van der Waals surface area contributed by atoms with Crippen LogP contribution in [0.25, 0.3) is 0 Å². The Morgan fingerprint density at radius 1 is 0.156 bits per heavy atom. The molecule has 0 aromatic carbocycles. The van der Waals surface area contributed by atoms with Gasteiger partial charge in [-0.05, 0) is 0 Å². The van der Waals surface area contributed by atoms with Crippen LogP contribution in [0.3, 0.4) is 0 Å². The summed E-state index contributed by atoms with van der Waals surface area (Å²) >= 11 is 0. The molecule has 9 aliphatic heterocycles. The van der Waals surface area contributed by atoms with Crippen LogP contribution in [-0.2, 0) is 85.3 Å². The Morgan fingerprint density at radius 2 is 0.244 bits per heavy atom. The van der Waals surface area contributed by atoms with Crippen molar-refractivity contribution >= 4 is 294 Å². The average Bonchev–Trinajstić information content (AvgIpc) is 3.49. The fourth-order valence-electron chi connectivity index (χ4n) is 8.50. The van der Waals surface area contributed by atoms with Crippen LogP contribution in [0.5, 0.6) is 0 Å². The van der Waals surface area contributed by atoms with E-state index in [-0.39, 0.29) is 323 Å². The number of rotatable bonds is 0. The van der Waals surface area contributed by atoms with Crippen LogP contribution in [0.15, 0.2) is 0 Å². The van der Waals surface area contributed by atoms with Gasteiger partial charge < -0.3 is 90.2 Å². The minimum absolute atomic E-state index is 0. The van der Waals surface area contributed by atoms with Gasteiger partial charge in [0.2, 0.25) is 0 Å². The standard InChI is InChI=1S/3C18H36N2O6.5Bi.4In.3Na/c3*1-7-21-13-14-24-10-4-20-5-11-25-17-15-22-8-2-19(1)3-9-23-16-18-26-12-6-20;;;;;;;;;;;;/h3*1-18H2;;;;;;;;;;;;/q;;;;;;;;;;;;;;+1/p+1. The first kappa shape index (κ1) is 118. The molecule has 29 radical (unpaired) electrons. The van der Waals surface area contributed by atoms with Crippen LogP contribution in [0.1, 0.15) is 0 Å². The van der Waals surface area contributed by atoms with Crippen LogP contribution in [0, 0.1) is 0 Å². The van der Waals surface area contributed by atoms with Crippen molar-refractivity contribution in [2.45, 2.75) is 0 Å². The Balaban J connectivity index is -0.000000146. The SMILES string of the molecule is C1COCCN2CCOCCOCCN(CCO1)CCOCCOCC2.C1COCCN2CCOCCOCCN(CCO1)CCOCCOCC2.C1COCC[NH+]2CCOCCOCCN(CCO1)CCOCCOCC2.[Bi].[Bi].[Bi].[Bi].[Bi].[In].[In].[In].[In].[Na+].[Na].[Na]. The van der Waals surface area contributed by atoms with Crippen molar-refractivity contribution in [2.24, 2.45) is 0 Å². The van der Waals surface area contributed by atoms with Gasteiger partial charge in [-0.2, -0.15) is 0 Å². The van der Waals surface area contributed by atoms with Gasteiger partial charge in [-0.3, -0.25) is 24.5 Å². The average molecular weight is 2700 g/mol. The Morgan fingerprint density at radius 3 is 0.344 bits per heavy atom. The van der Waals surface area contributed by atoms with E-state index in [1.165, 1.54) is 4.90 Å². The van der Waals surface area contributed by atoms with Crippen molar-refractivity contribution in [1.29, 1.82) is 0 Å². The molecular weight excluding hydrogens is 2590 g/mol. The summed E-state index contributed by atoms with van der Waals surface area (Å²) in [7, 11) is 0. The number of quaternary nitrogens is 1. The third kappa shape index (κ3) is 77.5. The molecule has 90 heavy (non-hydrogen) atoms. The van der Waals surface area contributed by atoms with Crippen molar-refractivity contribution in [1.82, 2.24) is 24.5 Å². The number of nitrogens with zero attached hydrogens (tertiary/aromatic N) is 5. The van der Waals surface area contributed by atoms with Gasteiger partial charge in [-0.15, -0.1) is 0 Å². The Bertz CT molecular complexity index is 952. The van der Waals surface area contributed by atoms with Crippen LogP contribution in [-0.4, -0.2) is 674 Å². The summed E-state index contributed by atoms with van der Waals surface area (Å²) in [5.74, 6) is 0. The van der Waals surface area contributed by atoms with Crippen LogP contribution < -0.4 is 34.5 Å². The smallest absolute Gasteiger partial charge is 0.378 e. The molecule has 0 aliphatic carbocycles.